The lowest BCUT2D eigenvalue weighted by Gasteiger charge is -2.11. The summed E-state index contributed by atoms with van der Waals surface area (Å²) in [5.41, 5.74) is 28.9. The standard InChI is InChI=1S/2C45H28N4O.C45H28N4S/c1-2-11-30(12-3-1)43-46-44(48-45(47-43)33-23-26-38-37-17-6-9-20-41(37)50-42(38)28-33)32-14-10-13-31(27-32)29-21-24-34(25-22-29)49-39-18-7-4-15-35(39)36-16-5-8-19-40(36)49;1-2-11-30(12-3-1)43-46-44(48-45(47-43)33-25-26-38-37-17-6-9-20-41(37)50-42(38)28-33)31-23-21-29(22-24-31)32-13-10-14-34(27-32)49-39-18-7-4-15-35(39)36-16-5-8-19-40(36)49;1-3-13-29(14-4-1)43-46-44(48-45(47-43)32-25-26-36-35-19-8-10-24-40(35)50-41(36)28-32)31-16-11-15-30(27-31)34-21-12-23-39-42(34)37-20-7-9-22-38(37)49(39)33-17-5-2-6-18-33/h3*1-28H. The van der Waals surface area contributed by atoms with Gasteiger partial charge in [-0.2, -0.15) is 0 Å². The van der Waals surface area contributed by atoms with Crippen molar-refractivity contribution in [3.63, 3.8) is 0 Å². The molecule has 0 unspecified atom stereocenters. The molecular weight excluding hydrogens is 1850 g/mol. The van der Waals surface area contributed by atoms with E-state index in [9.17, 15) is 0 Å². The van der Waals surface area contributed by atoms with E-state index in [1.54, 1.807) is 11.3 Å². The van der Waals surface area contributed by atoms with Crippen LogP contribution in [0.15, 0.2) is 518 Å². The molecule has 0 atom stereocenters. The van der Waals surface area contributed by atoms with Gasteiger partial charge in [-0.25, -0.2) is 44.9 Å². The molecule has 0 bridgehead atoms. The minimum Gasteiger partial charge on any atom is -0.456 e. The number of benzene rings is 21. The minimum atomic E-state index is 0.595. The summed E-state index contributed by atoms with van der Waals surface area (Å²) in [6.07, 6.45) is 0. The molecule has 702 valence electrons. The summed E-state index contributed by atoms with van der Waals surface area (Å²) < 4.78 is 22.0. The maximum absolute atomic E-state index is 6.21. The Morgan fingerprint density at radius 1 is 0.147 bits per heavy atom. The van der Waals surface area contributed by atoms with Gasteiger partial charge in [0.25, 0.3) is 0 Å². The molecule has 0 saturated carbocycles. The summed E-state index contributed by atoms with van der Waals surface area (Å²) in [6.45, 7) is 0. The minimum absolute atomic E-state index is 0.595. The smallest absolute Gasteiger partial charge is 0.164 e. The quantitative estimate of drug-likeness (QED) is 0.0962. The Bertz CT molecular complexity index is 10400. The van der Waals surface area contributed by atoms with Gasteiger partial charge in [-0.05, 0) is 167 Å². The van der Waals surface area contributed by atoms with Crippen LogP contribution in [0.5, 0.6) is 0 Å². The number of furan rings is 2. The van der Waals surface area contributed by atoms with Gasteiger partial charge in [0.05, 0.1) is 33.1 Å². The van der Waals surface area contributed by atoms with E-state index < -0.39 is 0 Å². The van der Waals surface area contributed by atoms with E-state index in [1.807, 2.05) is 127 Å². The maximum atomic E-state index is 6.21. The van der Waals surface area contributed by atoms with Crippen molar-refractivity contribution < 1.29 is 8.83 Å². The summed E-state index contributed by atoms with van der Waals surface area (Å²) in [5.74, 6) is 5.62. The molecule has 0 amide bonds. The summed E-state index contributed by atoms with van der Waals surface area (Å²) in [7, 11) is 0. The average Bonchev–Trinajstić information content (AvgIpc) is 1.58. The second kappa shape index (κ2) is 37.2. The molecule has 15 heteroatoms. The first-order valence-corrected chi connectivity index (χ1v) is 50.9. The highest BCUT2D eigenvalue weighted by Crippen LogP contribution is 2.45. The normalized spacial score (nSPS) is 11.6. The number of fused-ring (bicyclic) bond motifs is 18. The molecule has 0 N–H and O–H groups in total. The number of nitrogens with zero attached hydrogens (tertiary/aromatic N) is 12. The van der Waals surface area contributed by atoms with Crippen LogP contribution in [0.4, 0.5) is 0 Å². The molecule has 0 aliphatic rings. The van der Waals surface area contributed by atoms with Gasteiger partial charge in [0.1, 0.15) is 22.3 Å². The lowest BCUT2D eigenvalue weighted by Crippen LogP contribution is -2.00. The van der Waals surface area contributed by atoms with Crippen molar-refractivity contribution >= 4 is 141 Å². The first-order chi connectivity index (χ1) is 74.3. The summed E-state index contributed by atoms with van der Waals surface area (Å²) in [5, 5.41) is 14.3. The van der Waals surface area contributed by atoms with Crippen molar-refractivity contribution in [2.45, 2.75) is 0 Å². The molecule has 0 aliphatic heterocycles. The third kappa shape index (κ3) is 16.0. The van der Waals surface area contributed by atoms with E-state index >= 15 is 0 Å². The van der Waals surface area contributed by atoms with Crippen LogP contribution in [0.1, 0.15) is 0 Å². The predicted molar refractivity (Wildman–Crippen MR) is 615 cm³/mol. The zero-order valence-electron chi connectivity index (χ0n) is 80.6. The SMILES string of the molecule is c1ccc(-c2nc(-c3ccc(-c4cccc(-n5c6ccccc6c6ccccc65)c4)cc3)nc(-c3ccc4c(c3)oc3ccccc34)n2)cc1.c1ccc(-c2nc(-c3cccc(-c4ccc(-n5c6ccccc6c6ccccc65)cc4)c3)nc(-c3ccc4c(c3)oc3ccccc34)n2)cc1.c1ccc(-c2nc(-c3cccc(-c4cccc5c4c4ccccc4n5-c4ccccc4)c3)nc(-c3ccc4c(c3)sc3ccccc34)n2)cc1. The van der Waals surface area contributed by atoms with Crippen LogP contribution in [0.3, 0.4) is 0 Å². The van der Waals surface area contributed by atoms with E-state index in [2.05, 4.69) is 396 Å². The largest absolute Gasteiger partial charge is 0.456 e. The molecule has 30 aromatic rings. The van der Waals surface area contributed by atoms with Gasteiger partial charge in [0.15, 0.2) is 52.4 Å². The Morgan fingerprint density at radius 3 is 0.900 bits per heavy atom. The van der Waals surface area contributed by atoms with Crippen molar-refractivity contribution in [2.24, 2.45) is 0 Å². The fourth-order valence-corrected chi connectivity index (χ4v) is 22.4. The number of para-hydroxylation sites is 8. The number of hydrogen-bond acceptors (Lipinski definition) is 12. The molecule has 0 spiro atoms. The van der Waals surface area contributed by atoms with E-state index in [4.69, 9.17) is 53.7 Å². The van der Waals surface area contributed by atoms with Gasteiger partial charge in [-0.1, -0.05) is 376 Å². The zero-order valence-corrected chi connectivity index (χ0v) is 81.4. The van der Waals surface area contributed by atoms with Crippen LogP contribution >= 0.6 is 11.3 Å². The molecule has 0 aliphatic carbocycles. The number of rotatable bonds is 15. The van der Waals surface area contributed by atoms with Crippen LogP contribution in [-0.4, -0.2) is 58.6 Å². The highest BCUT2D eigenvalue weighted by atomic mass is 32.1. The van der Waals surface area contributed by atoms with Gasteiger partial charge >= 0.3 is 0 Å². The number of hydrogen-bond donors (Lipinski definition) is 0. The summed E-state index contributed by atoms with van der Waals surface area (Å²) >= 11 is 1.80. The van der Waals surface area contributed by atoms with Crippen molar-refractivity contribution in [1.82, 2.24) is 58.6 Å². The lowest BCUT2D eigenvalue weighted by molar-refractivity contribution is 0.668. The van der Waals surface area contributed by atoms with Gasteiger partial charge < -0.3 is 22.5 Å². The monoisotopic (exact) mass is 1940 g/mol. The molecule has 150 heavy (non-hydrogen) atoms. The molecule has 0 saturated heterocycles. The molecular formula is C135H84N12O2S. The van der Waals surface area contributed by atoms with Crippen molar-refractivity contribution in [3.8, 4) is 153 Å². The predicted octanol–water partition coefficient (Wildman–Crippen LogP) is 35.1. The summed E-state index contributed by atoms with van der Waals surface area (Å²) in [6, 6.07) is 177. The number of thiophene rings is 1. The van der Waals surface area contributed by atoms with Crippen molar-refractivity contribution in [2.75, 3.05) is 0 Å². The van der Waals surface area contributed by atoms with Gasteiger partial charge in [0, 0.05) is 141 Å². The Balaban J connectivity index is 0.000000108. The molecule has 0 radical (unpaired) electrons. The topological polar surface area (TPSA) is 157 Å². The van der Waals surface area contributed by atoms with Gasteiger partial charge in [0.2, 0.25) is 0 Å². The Kier molecular flexibility index (Phi) is 21.8. The van der Waals surface area contributed by atoms with E-state index in [0.717, 1.165) is 139 Å². The zero-order chi connectivity index (χ0) is 99.1. The second-order valence-electron chi connectivity index (χ2n) is 37.4. The Hall–Kier alpha value is -20.1. The lowest BCUT2D eigenvalue weighted by atomic mass is 9.97. The highest BCUT2D eigenvalue weighted by Gasteiger charge is 2.25. The fourth-order valence-electron chi connectivity index (χ4n) is 21.3. The fraction of sp³-hybridized carbons (Fsp3) is 0. The van der Waals surface area contributed by atoms with E-state index in [1.165, 1.54) is 91.2 Å². The average molecular weight is 1940 g/mol. The Morgan fingerprint density at radius 2 is 0.420 bits per heavy atom. The molecule has 30 rings (SSSR count). The van der Waals surface area contributed by atoms with Crippen LogP contribution in [0.25, 0.3) is 282 Å². The van der Waals surface area contributed by atoms with Gasteiger partial charge in [-0.15, -0.1) is 11.3 Å². The van der Waals surface area contributed by atoms with E-state index in [-0.39, 0.29) is 0 Å². The third-order valence-electron chi connectivity index (χ3n) is 28.4. The van der Waals surface area contributed by atoms with Crippen molar-refractivity contribution in [1.29, 1.82) is 0 Å². The van der Waals surface area contributed by atoms with Crippen LogP contribution in [0.2, 0.25) is 0 Å². The van der Waals surface area contributed by atoms with Crippen LogP contribution < -0.4 is 0 Å². The Labute approximate surface area is 864 Å². The molecule has 21 aromatic carbocycles. The van der Waals surface area contributed by atoms with E-state index in [0.29, 0.717) is 52.4 Å². The highest BCUT2D eigenvalue weighted by molar-refractivity contribution is 7.25. The third-order valence-corrected chi connectivity index (χ3v) is 29.5. The second-order valence-corrected chi connectivity index (χ2v) is 38.5. The van der Waals surface area contributed by atoms with Crippen molar-refractivity contribution in [3.05, 3.63) is 510 Å². The first kappa shape index (κ1) is 87.6. The molecule has 14 nitrogen and oxygen atoms in total. The maximum Gasteiger partial charge on any atom is 0.164 e. The van der Waals surface area contributed by atoms with Crippen LogP contribution in [-0.2, 0) is 0 Å². The van der Waals surface area contributed by atoms with Crippen LogP contribution in [0, 0.1) is 0 Å². The molecule has 0 fully saturated rings. The van der Waals surface area contributed by atoms with Gasteiger partial charge in [-0.3, -0.25) is 0 Å². The molecule has 9 heterocycles. The summed E-state index contributed by atoms with van der Waals surface area (Å²) in [4.78, 5) is 45.1. The number of aromatic nitrogens is 12. The molecule has 9 aromatic heterocycles. The first-order valence-electron chi connectivity index (χ1n) is 50.1.